The van der Waals surface area contributed by atoms with Gasteiger partial charge in [-0.3, -0.25) is 4.57 Å². The first-order valence-corrected chi connectivity index (χ1v) is 5.79. The van der Waals surface area contributed by atoms with Crippen LogP contribution in [0.3, 0.4) is 0 Å². The Bertz CT molecular complexity index is 356. The summed E-state index contributed by atoms with van der Waals surface area (Å²) in [5.41, 5.74) is 0. The third-order valence-corrected chi connectivity index (χ3v) is 3.62. The Morgan fingerprint density at radius 1 is 1.43 bits per heavy atom. The standard InChI is InChI=1S/C10H14ClN3/c1-2-6-5-8(6)14-9(7-3-4-7)12-13-10(14)11/h6-8H,2-5H2,1H3. The van der Waals surface area contributed by atoms with Gasteiger partial charge in [-0.2, -0.15) is 0 Å². The second-order valence-corrected chi connectivity index (χ2v) is 4.78. The van der Waals surface area contributed by atoms with Crippen LogP contribution in [-0.4, -0.2) is 14.8 Å². The average Bonchev–Trinajstić information content (AvgIpc) is 3.08. The van der Waals surface area contributed by atoms with Gasteiger partial charge in [0.1, 0.15) is 5.82 Å². The molecule has 0 amide bonds. The normalized spacial score (nSPS) is 30.7. The lowest BCUT2D eigenvalue weighted by Gasteiger charge is -2.05. The molecular formula is C10H14ClN3. The molecule has 76 valence electrons. The average molecular weight is 212 g/mol. The van der Waals surface area contributed by atoms with Gasteiger partial charge in [-0.1, -0.05) is 13.3 Å². The molecule has 0 saturated heterocycles. The monoisotopic (exact) mass is 211 g/mol. The Balaban J connectivity index is 1.91. The van der Waals surface area contributed by atoms with Crippen LogP contribution < -0.4 is 0 Å². The molecule has 2 fully saturated rings. The predicted molar refractivity (Wildman–Crippen MR) is 54.4 cm³/mol. The first-order valence-electron chi connectivity index (χ1n) is 5.41. The van der Waals surface area contributed by atoms with Crippen molar-refractivity contribution in [3.63, 3.8) is 0 Å². The van der Waals surface area contributed by atoms with E-state index >= 15 is 0 Å². The van der Waals surface area contributed by atoms with Crippen molar-refractivity contribution in [1.82, 2.24) is 14.8 Å². The van der Waals surface area contributed by atoms with Gasteiger partial charge in [-0.05, 0) is 36.8 Å². The largest absolute Gasteiger partial charge is 0.298 e. The topological polar surface area (TPSA) is 30.7 Å². The van der Waals surface area contributed by atoms with Crippen molar-refractivity contribution in [3.8, 4) is 0 Å². The molecule has 0 aliphatic heterocycles. The van der Waals surface area contributed by atoms with Crippen LogP contribution in [0.1, 0.15) is 50.4 Å². The van der Waals surface area contributed by atoms with E-state index in [-0.39, 0.29) is 0 Å². The maximum Gasteiger partial charge on any atom is 0.225 e. The van der Waals surface area contributed by atoms with Crippen molar-refractivity contribution in [2.45, 2.75) is 44.6 Å². The second-order valence-electron chi connectivity index (χ2n) is 4.44. The third kappa shape index (κ3) is 1.26. The van der Waals surface area contributed by atoms with Gasteiger partial charge >= 0.3 is 0 Å². The summed E-state index contributed by atoms with van der Waals surface area (Å²) >= 11 is 6.06. The Morgan fingerprint density at radius 2 is 2.21 bits per heavy atom. The van der Waals surface area contributed by atoms with E-state index in [1.165, 1.54) is 25.7 Å². The number of hydrogen-bond acceptors (Lipinski definition) is 2. The molecule has 14 heavy (non-hydrogen) atoms. The molecule has 0 aromatic carbocycles. The maximum atomic E-state index is 6.06. The van der Waals surface area contributed by atoms with Gasteiger partial charge in [0, 0.05) is 12.0 Å². The van der Waals surface area contributed by atoms with Crippen molar-refractivity contribution in [3.05, 3.63) is 11.1 Å². The number of nitrogens with zero attached hydrogens (tertiary/aromatic N) is 3. The van der Waals surface area contributed by atoms with E-state index in [0.717, 1.165) is 11.7 Å². The molecule has 1 aromatic heterocycles. The summed E-state index contributed by atoms with van der Waals surface area (Å²) in [4.78, 5) is 0. The van der Waals surface area contributed by atoms with Gasteiger partial charge in [0.25, 0.3) is 0 Å². The molecule has 0 N–H and O–H groups in total. The lowest BCUT2D eigenvalue weighted by atomic mass is 10.3. The van der Waals surface area contributed by atoms with Gasteiger partial charge in [-0.15, -0.1) is 10.2 Å². The molecule has 3 rings (SSSR count). The molecule has 0 bridgehead atoms. The van der Waals surface area contributed by atoms with Crippen molar-refractivity contribution >= 4 is 11.6 Å². The van der Waals surface area contributed by atoms with Gasteiger partial charge < -0.3 is 0 Å². The zero-order valence-electron chi connectivity index (χ0n) is 8.28. The number of rotatable bonds is 3. The van der Waals surface area contributed by atoms with Crippen LogP contribution in [0.4, 0.5) is 0 Å². The SMILES string of the molecule is CCC1CC1n1c(Cl)nnc1C1CC1. The van der Waals surface area contributed by atoms with Crippen LogP contribution in [0.25, 0.3) is 0 Å². The highest BCUT2D eigenvalue weighted by Gasteiger charge is 2.42. The molecule has 0 radical (unpaired) electrons. The van der Waals surface area contributed by atoms with Gasteiger partial charge in [0.2, 0.25) is 5.28 Å². The van der Waals surface area contributed by atoms with Gasteiger partial charge in [0.15, 0.2) is 0 Å². The molecule has 1 aromatic rings. The molecule has 2 atom stereocenters. The van der Waals surface area contributed by atoms with Crippen LogP contribution >= 0.6 is 11.6 Å². The minimum atomic E-state index is 0.591. The van der Waals surface area contributed by atoms with Crippen molar-refractivity contribution in [2.75, 3.05) is 0 Å². The molecule has 0 spiro atoms. The van der Waals surface area contributed by atoms with Crippen LogP contribution in [0.15, 0.2) is 0 Å². The van der Waals surface area contributed by atoms with Crippen LogP contribution in [0.2, 0.25) is 5.28 Å². The van der Waals surface area contributed by atoms with Crippen molar-refractivity contribution < 1.29 is 0 Å². The van der Waals surface area contributed by atoms with Crippen LogP contribution in [0, 0.1) is 5.92 Å². The zero-order chi connectivity index (χ0) is 9.71. The lowest BCUT2D eigenvalue weighted by molar-refractivity contribution is 0.612. The minimum absolute atomic E-state index is 0.591. The second kappa shape index (κ2) is 2.96. The third-order valence-electron chi connectivity index (χ3n) is 3.36. The van der Waals surface area contributed by atoms with E-state index in [0.29, 0.717) is 17.2 Å². The molecule has 2 aliphatic rings. The molecule has 1 heterocycles. The summed E-state index contributed by atoms with van der Waals surface area (Å²) in [5.74, 6) is 2.59. The Kier molecular flexibility index (Phi) is 1.84. The summed E-state index contributed by atoms with van der Waals surface area (Å²) in [7, 11) is 0. The molecule has 2 saturated carbocycles. The van der Waals surface area contributed by atoms with E-state index in [1.54, 1.807) is 0 Å². The minimum Gasteiger partial charge on any atom is -0.298 e. The van der Waals surface area contributed by atoms with E-state index in [1.807, 2.05) is 0 Å². The fraction of sp³-hybridized carbons (Fsp3) is 0.800. The Hall–Kier alpha value is -0.570. The van der Waals surface area contributed by atoms with Crippen molar-refractivity contribution in [2.24, 2.45) is 5.92 Å². The quantitative estimate of drug-likeness (QED) is 0.770. The first kappa shape index (κ1) is 8.72. The van der Waals surface area contributed by atoms with Crippen LogP contribution in [-0.2, 0) is 0 Å². The fourth-order valence-corrected chi connectivity index (χ4v) is 2.45. The predicted octanol–water partition coefficient (Wildman–Crippen LogP) is 2.78. The first-order chi connectivity index (χ1) is 6.81. The fourth-order valence-electron chi connectivity index (χ4n) is 2.20. The molecule has 2 unspecified atom stereocenters. The van der Waals surface area contributed by atoms with E-state index < -0.39 is 0 Å². The summed E-state index contributed by atoms with van der Waals surface area (Å²) in [5, 5.41) is 8.77. The van der Waals surface area contributed by atoms with E-state index in [4.69, 9.17) is 11.6 Å². The zero-order valence-corrected chi connectivity index (χ0v) is 9.04. The van der Waals surface area contributed by atoms with E-state index in [2.05, 4.69) is 21.7 Å². The Morgan fingerprint density at radius 3 is 2.79 bits per heavy atom. The van der Waals surface area contributed by atoms with Gasteiger partial charge in [0.05, 0.1) is 0 Å². The Labute approximate surface area is 88.5 Å². The summed E-state index contributed by atoms with van der Waals surface area (Å²) in [6.07, 6.45) is 5.02. The summed E-state index contributed by atoms with van der Waals surface area (Å²) in [6, 6.07) is 0.595. The molecule has 3 nitrogen and oxygen atoms in total. The maximum absolute atomic E-state index is 6.06. The smallest absolute Gasteiger partial charge is 0.225 e. The highest BCUT2D eigenvalue weighted by Crippen LogP contribution is 2.50. The van der Waals surface area contributed by atoms with Gasteiger partial charge in [-0.25, -0.2) is 0 Å². The van der Waals surface area contributed by atoms with Crippen LogP contribution in [0.5, 0.6) is 0 Å². The molecule has 4 heteroatoms. The molecular weight excluding hydrogens is 198 g/mol. The lowest BCUT2D eigenvalue weighted by Crippen LogP contribution is -2.02. The number of aromatic nitrogens is 3. The van der Waals surface area contributed by atoms with Crippen molar-refractivity contribution in [1.29, 1.82) is 0 Å². The number of halogens is 1. The highest BCUT2D eigenvalue weighted by molar-refractivity contribution is 6.28. The molecule has 2 aliphatic carbocycles. The highest BCUT2D eigenvalue weighted by atomic mass is 35.5. The van der Waals surface area contributed by atoms with E-state index in [9.17, 15) is 0 Å². The number of hydrogen-bond donors (Lipinski definition) is 0. The summed E-state index contributed by atoms with van der Waals surface area (Å²) < 4.78 is 2.17. The summed E-state index contributed by atoms with van der Waals surface area (Å²) in [6.45, 7) is 2.24.